The maximum Gasteiger partial charge on any atom is 0.257 e. The lowest BCUT2D eigenvalue weighted by Crippen LogP contribution is -2.49. The number of nitrogens with zero attached hydrogens (tertiary/aromatic N) is 2. The van der Waals surface area contributed by atoms with Crippen molar-refractivity contribution in [2.45, 2.75) is 52.6 Å². The number of aryl methyl sites for hydroxylation is 1. The van der Waals surface area contributed by atoms with Crippen LogP contribution in [0.5, 0.6) is 5.75 Å². The third-order valence-corrected chi connectivity index (χ3v) is 5.54. The highest BCUT2D eigenvalue weighted by molar-refractivity contribution is 6.23. The van der Waals surface area contributed by atoms with Crippen molar-refractivity contribution < 1.29 is 19.1 Å². The van der Waals surface area contributed by atoms with Crippen molar-refractivity contribution >= 4 is 23.4 Å². The molecule has 1 saturated heterocycles. The highest BCUT2D eigenvalue weighted by Gasteiger charge is 2.45. The van der Waals surface area contributed by atoms with Crippen LogP contribution in [0, 0.1) is 6.92 Å². The normalized spacial score (nSPS) is 17.2. The van der Waals surface area contributed by atoms with Gasteiger partial charge in [-0.2, -0.15) is 0 Å². The van der Waals surface area contributed by atoms with Gasteiger partial charge in [-0.3, -0.25) is 14.4 Å². The monoisotopic (exact) mass is 408 g/mol. The van der Waals surface area contributed by atoms with Crippen molar-refractivity contribution in [2.24, 2.45) is 0 Å². The highest BCUT2D eigenvalue weighted by Crippen LogP contribution is 2.30. The van der Waals surface area contributed by atoms with E-state index in [1.165, 1.54) is 4.90 Å². The largest absolute Gasteiger partial charge is 0.494 e. The lowest BCUT2D eigenvalue weighted by molar-refractivity contribution is -0.122. The second kappa shape index (κ2) is 9.11. The summed E-state index contributed by atoms with van der Waals surface area (Å²) in [5.74, 6) is -0.221. The summed E-state index contributed by atoms with van der Waals surface area (Å²) in [6, 6.07) is 13.2. The minimum absolute atomic E-state index is 0.0198. The summed E-state index contributed by atoms with van der Waals surface area (Å²) in [4.78, 5) is 42.2. The number of anilines is 1. The summed E-state index contributed by atoms with van der Waals surface area (Å²) in [7, 11) is 0. The Morgan fingerprint density at radius 2 is 1.80 bits per heavy atom. The maximum atomic E-state index is 13.4. The Balaban J connectivity index is 1.92. The van der Waals surface area contributed by atoms with Gasteiger partial charge in [0, 0.05) is 11.6 Å². The third-order valence-electron chi connectivity index (χ3n) is 5.54. The fraction of sp³-hybridized carbons (Fsp3) is 0.375. The predicted octanol–water partition coefficient (Wildman–Crippen LogP) is 3.97. The molecule has 2 aromatic carbocycles. The lowest BCUT2D eigenvalue weighted by atomic mass is 10.0. The standard InChI is InChI=1S/C24H28N2O4/c1-5-17(4)25(23(28)20-10-8-7-9-16(20)3)21-15-22(27)26(24(21)29)18-11-13-19(14-12-18)30-6-2/h7-14,17,21H,5-6,15H2,1-4H3. The molecule has 0 radical (unpaired) electrons. The highest BCUT2D eigenvalue weighted by atomic mass is 16.5. The molecule has 1 aliphatic heterocycles. The van der Waals surface area contributed by atoms with Crippen molar-refractivity contribution in [1.82, 2.24) is 4.90 Å². The molecular weight excluding hydrogens is 380 g/mol. The van der Waals surface area contributed by atoms with E-state index in [4.69, 9.17) is 4.74 Å². The predicted molar refractivity (Wildman–Crippen MR) is 116 cm³/mol. The van der Waals surface area contributed by atoms with Gasteiger partial charge in [-0.05, 0) is 63.1 Å². The van der Waals surface area contributed by atoms with Gasteiger partial charge in [0.25, 0.3) is 11.8 Å². The number of ether oxygens (including phenoxy) is 1. The number of amides is 3. The minimum Gasteiger partial charge on any atom is -0.494 e. The Labute approximate surface area is 177 Å². The molecule has 30 heavy (non-hydrogen) atoms. The molecule has 0 aliphatic carbocycles. The van der Waals surface area contributed by atoms with Crippen molar-refractivity contribution in [3.63, 3.8) is 0 Å². The Bertz CT molecular complexity index is 938. The molecule has 0 spiro atoms. The molecule has 2 aromatic rings. The maximum absolute atomic E-state index is 13.4. The van der Waals surface area contributed by atoms with Gasteiger partial charge in [0.15, 0.2) is 0 Å². The Morgan fingerprint density at radius 1 is 1.13 bits per heavy atom. The fourth-order valence-corrected chi connectivity index (χ4v) is 3.76. The van der Waals surface area contributed by atoms with Crippen LogP contribution >= 0.6 is 0 Å². The fourth-order valence-electron chi connectivity index (χ4n) is 3.76. The molecule has 6 heteroatoms. The van der Waals surface area contributed by atoms with Crippen molar-refractivity contribution in [3.8, 4) is 5.75 Å². The van der Waals surface area contributed by atoms with Crippen LogP contribution in [0.2, 0.25) is 0 Å². The molecule has 0 saturated carbocycles. The Morgan fingerprint density at radius 3 is 2.40 bits per heavy atom. The van der Waals surface area contributed by atoms with E-state index < -0.39 is 6.04 Å². The van der Waals surface area contributed by atoms with E-state index in [1.807, 2.05) is 45.9 Å². The number of rotatable bonds is 7. The van der Waals surface area contributed by atoms with Crippen LogP contribution in [0.3, 0.4) is 0 Å². The first-order chi connectivity index (χ1) is 14.4. The Kier molecular flexibility index (Phi) is 6.55. The molecule has 2 unspecified atom stereocenters. The molecule has 0 aromatic heterocycles. The summed E-state index contributed by atoms with van der Waals surface area (Å²) in [6.07, 6.45) is 0.659. The lowest BCUT2D eigenvalue weighted by Gasteiger charge is -2.33. The SMILES string of the molecule is CCOc1ccc(N2C(=O)CC(N(C(=O)c3ccccc3C)C(C)CC)C2=O)cc1. The molecule has 1 fully saturated rings. The van der Waals surface area contributed by atoms with Crippen LogP contribution in [0.25, 0.3) is 0 Å². The molecule has 3 amide bonds. The first kappa shape index (κ1) is 21.6. The number of hydrogen-bond acceptors (Lipinski definition) is 4. The van der Waals surface area contributed by atoms with E-state index in [0.717, 1.165) is 5.56 Å². The molecule has 0 bridgehead atoms. The van der Waals surface area contributed by atoms with E-state index in [1.54, 1.807) is 35.2 Å². The minimum atomic E-state index is -0.814. The molecule has 1 aliphatic rings. The van der Waals surface area contributed by atoms with Crippen LogP contribution in [0.15, 0.2) is 48.5 Å². The van der Waals surface area contributed by atoms with Gasteiger partial charge in [-0.15, -0.1) is 0 Å². The van der Waals surface area contributed by atoms with Crippen LogP contribution < -0.4 is 9.64 Å². The number of benzene rings is 2. The van der Waals surface area contributed by atoms with Crippen molar-refractivity contribution in [2.75, 3.05) is 11.5 Å². The Hall–Kier alpha value is -3.15. The number of carbonyl (C=O) groups is 3. The van der Waals surface area contributed by atoms with Crippen LogP contribution in [-0.2, 0) is 9.59 Å². The summed E-state index contributed by atoms with van der Waals surface area (Å²) in [5, 5.41) is 0. The van der Waals surface area contributed by atoms with Gasteiger partial charge in [0.1, 0.15) is 11.8 Å². The van der Waals surface area contributed by atoms with Crippen LogP contribution in [0.1, 0.15) is 49.5 Å². The van der Waals surface area contributed by atoms with Crippen LogP contribution in [-0.4, -0.2) is 41.3 Å². The molecule has 6 nitrogen and oxygen atoms in total. The number of imide groups is 1. The van der Waals surface area contributed by atoms with Crippen molar-refractivity contribution in [1.29, 1.82) is 0 Å². The zero-order valence-electron chi connectivity index (χ0n) is 17.9. The summed E-state index contributed by atoms with van der Waals surface area (Å²) < 4.78 is 5.43. The molecule has 3 rings (SSSR count). The van der Waals surface area contributed by atoms with E-state index >= 15 is 0 Å². The van der Waals surface area contributed by atoms with Gasteiger partial charge in [-0.25, -0.2) is 4.90 Å². The molecular formula is C24H28N2O4. The second-order valence-electron chi connectivity index (χ2n) is 7.50. The quantitative estimate of drug-likeness (QED) is 0.650. The summed E-state index contributed by atoms with van der Waals surface area (Å²) in [6.45, 7) is 8.17. The first-order valence-corrected chi connectivity index (χ1v) is 10.4. The number of carbonyl (C=O) groups excluding carboxylic acids is 3. The van der Waals surface area contributed by atoms with Crippen LogP contribution in [0.4, 0.5) is 5.69 Å². The molecule has 2 atom stereocenters. The summed E-state index contributed by atoms with van der Waals surface area (Å²) >= 11 is 0. The average Bonchev–Trinajstić information content (AvgIpc) is 3.03. The zero-order chi connectivity index (χ0) is 21.8. The molecule has 1 heterocycles. The number of hydrogen-bond donors (Lipinski definition) is 0. The van der Waals surface area contributed by atoms with Gasteiger partial charge in [-0.1, -0.05) is 25.1 Å². The average molecular weight is 408 g/mol. The van der Waals surface area contributed by atoms with Gasteiger partial charge >= 0.3 is 0 Å². The van der Waals surface area contributed by atoms with E-state index in [2.05, 4.69) is 0 Å². The molecule has 0 N–H and O–H groups in total. The smallest absolute Gasteiger partial charge is 0.257 e. The first-order valence-electron chi connectivity index (χ1n) is 10.4. The topological polar surface area (TPSA) is 66.9 Å². The molecule has 158 valence electrons. The van der Waals surface area contributed by atoms with Crippen molar-refractivity contribution in [3.05, 3.63) is 59.7 Å². The zero-order valence-corrected chi connectivity index (χ0v) is 17.9. The van der Waals surface area contributed by atoms with E-state index in [-0.39, 0.29) is 30.2 Å². The van der Waals surface area contributed by atoms with Gasteiger partial charge in [0.2, 0.25) is 5.91 Å². The van der Waals surface area contributed by atoms with E-state index in [0.29, 0.717) is 30.0 Å². The van der Waals surface area contributed by atoms with E-state index in [9.17, 15) is 14.4 Å². The third kappa shape index (κ3) is 4.08. The van der Waals surface area contributed by atoms with Gasteiger partial charge in [0.05, 0.1) is 18.7 Å². The van der Waals surface area contributed by atoms with Gasteiger partial charge < -0.3 is 9.64 Å². The summed E-state index contributed by atoms with van der Waals surface area (Å²) in [5.41, 5.74) is 1.89. The second-order valence-corrected chi connectivity index (χ2v) is 7.50.